The maximum Gasteiger partial charge on any atom is 0.331 e. The molecule has 31 heavy (non-hydrogen) atoms. The molecule has 0 aromatic heterocycles. The zero-order valence-electron chi connectivity index (χ0n) is 17.0. The number of methoxy groups -OCH3 is 2. The van der Waals surface area contributed by atoms with Gasteiger partial charge in [-0.2, -0.15) is 0 Å². The van der Waals surface area contributed by atoms with Gasteiger partial charge in [0.15, 0.2) is 5.54 Å². The highest BCUT2D eigenvalue weighted by Gasteiger charge is 2.75. The van der Waals surface area contributed by atoms with E-state index >= 15 is 0 Å². The lowest BCUT2D eigenvalue weighted by Gasteiger charge is -2.35. The SMILES string of the molecule is COC(=O)C1(C(=O)OC)C(=S)N[C@]2(C(=O)N(C)c3ccccc32)[C@H]1c1cccc(Br)c1. The van der Waals surface area contributed by atoms with Gasteiger partial charge in [0.25, 0.3) is 5.91 Å². The first-order chi connectivity index (χ1) is 14.8. The van der Waals surface area contributed by atoms with Crippen molar-refractivity contribution in [2.75, 3.05) is 26.2 Å². The number of para-hydroxylation sites is 1. The normalized spacial score (nSPS) is 23.5. The third-order valence-corrected chi connectivity index (χ3v) is 6.98. The van der Waals surface area contributed by atoms with Crippen LogP contribution >= 0.6 is 28.1 Å². The molecule has 0 unspecified atom stereocenters. The molecule has 2 aromatic carbocycles. The van der Waals surface area contributed by atoms with Crippen LogP contribution in [0.25, 0.3) is 0 Å². The highest BCUT2D eigenvalue weighted by Crippen LogP contribution is 2.59. The van der Waals surface area contributed by atoms with Gasteiger partial charge < -0.3 is 19.7 Å². The van der Waals surface area contributed by atoms with Crippen molar-refractivity contribution in [2.45, 2.75) is 11.5 Å². The number of carbonyl (C=O) groups is 3. The second-order valence-electron chi connectivity index (χ2n) is 7.42. The first kappa shape index (κ1) is 21.5. The number of ether oxygens (including phenoxy) is 2. The highest BCUT2D eigenvalue weighted by atomic mass is 79.9. The predicted octanol–water partition coefficient (Wildman–Crippen LogP) is 2.67. The molecule has 1 fully saturated rings. The number of rotatable bonds is 3. The molecule has 0 saturated carbocycles. The second kappa shape index (κ2) is 7.42. The number of likely N-dealkylation sites (N-methyl/N-ethyl adjacent to an activating group) is 1. The van der Waals surface area contributed by atoms with Gasteiger partial charge in [-0.05, 0) is 23.8 Å². The lowest BCUT2D eigenvalue weighted by molar-refractivity contribution is -0.165. The average molecular weight is 503 g/mol. The number of benzene rings is 2. The van der Waals surface area contributed by atoms with E-state index in [1.807, 2.05) is 12.1 Å². The minimum atomic E-state index is -2.05. The quantitative estimate of drug-likeness (QED) is 0.392. The zero-order valence-corrected chi connectivity index (χ0v) is 19.4. The van der Waals surface area contributed by atoms with E-state index in [9.17, 15) is 14.4 Å². The number of nitrogens with zero attached hydrogens (tertiary/aromatic N) is 1. The van der Waals surface area contributed by atoms with Gasteiger partial charge in [-0.25, -0.2) is 0 Å². The monoisotopic (exact) mass is 502 g/mol. The van der Waals surface area contributed by atoms with E-state index < -0.39 is 28.8 Å². The van der Waals surface area contributed by atoms with Crippen LogP contribution in [0.4, 0.5) is 5.69 Å². The molecule has 0 aliphatic carbocycles. The van der Waals surface area contributed by atoms with Crippen LogP contribution in [0, 0.1) is 5.41 Å². The molecule has 1 saturated heterocycles. The number of hydrogen-bond donors (Lipinski definition) is 1. The van der Waals surface area contributed by atoms with Gasteiger partial charge >= 0.3 is 11.9 Å². The molecule has 1 amide bonds. The van der Waals surface area contributed by atoms with Crippen molar-refractivity contribution in [1.82, 2.24) is 5.32 Å². The van der Waals surface area contributed by atoms with Gasteiger partial charge in [0.1, 0.15) is 4.99 Å². The minimum Gasteiger partial charge on any atom is -0.468 e. The molecule has 9 heteroatoms. The molecule has 4 rings (SSSR count). The summed E-state index contributed by atoms with van der Waals surface area (Å²) in [6.07, 6.45) is 0. The standard InChI is InChI=1S/C22H19BrN2O5S/c1-25-15-10-5-4-9-14(15)22(18(25)26)16(12-7-6-8-13(23)11-12)21(17(31)24-22,19(27)29-2)20(28)30-3/h4-11,16H,1-3H3,(H,24,31)/t16-,22-/m0/s1. The van der Waals surface area contributed by atoms with E-state index in [-0.39, 0.29) is 10.9 Å². The Kier molecular flexibility index (Phi) is 5.13. The molecule has 0 radical (unpaired) electrons. The van der Waals surface area contributed by atoms with Crippen LogP contribution in [-0.4, -0.2) is 44.1 Å². The molecule has 2 heterocycles. The summed E-state index contributed by atoms with van der Waals surface area (Å²) in [7, 11) is 4.00. The van der Waals surface area contributed by atoms with Gasteiger partial charge in [-0.1, -0.05) is 58.5 Å². The van der Waals surface area contributed by atoms with Crippen molar-refractivity contribution >= 4 is 56.7 Å². The largest absolute Gasteiger partial charge is 0.468 e. The van der Waals surface area contributed by atoms with Crippen molar-refractivity contribution in [3.63, 3.8) is 0 Å². The summed E-state index contributed by atoms with van der Waals surface area (Å²) in [6, 6.07) is 14.3. The Bertz CT molecular complexity index is 1120. The number of amides is 1. The van der Waals surface area contributed by atoms with Gasteiger partial charge in [-0.3, -0.25) is 14.4 Å². The summed E-state index contributed by atoms with van der Waals surface area (Å²) < 4.78 is 10.8. The topological polar surface area (TPSA) is 84.9 Å². The molecular weight excluding hydrogens is 484 g/mol. The summed E-state index contributed by atoms with van der Waals surface area (Å²) in [5.74, 6) is -3.17. The Morgan fingerprint density at radius 3 is 2.35 bits per heavy atom. The van der Waals surface area contributed by atoms with Crippen LogP contribution in [0.3, 0.4) is 0 Å². The van der Waals surface area contributed by atoms with Gasteiger partial charge in [0.2, 0.25) is 5.41 Å². The Labute approximate surface area is 192 Å². The summed E-state index contributed by atoms with van der Waals surface area (Å²) in [4.78, 5) is 41.7. The van der Waals surface area contributed by atoms with E-state index in [0.717, 1.165) is 0 Å². The van der Waals surface area contributed by atoms with Crippen LogP contribution in [0.5, 0.6) is 0 Å². The van der Waals surface area contributed by atoms with E-state index in [2.05, 4.69) is 21.2 Å². The fourth-order valence-electron chi connectivity index (χ4n) is 4.81. The van der Waals surface area contributed by atoms with Crippen molar-refractivity contribution < 1.29 is 23.9 Å². The van der Waals surface area contributed by atoms with Crippen molar-refractivity contribution in [2.24, 2.45) is 5.41 Å². The summed E-state index contributed by atoms with van der Waals surface area (Å²) in [6.45, 7) is 0. The van der Waals surface area contributed by atoms with E-state index in [0.29, 0.717) is 21.3 Å². The first-order valence-corrected chi connectivity index (χ1v) is 10.6. The zero-order chi connectivity index (χ0) is 22.6. The number of hydrogen-bond acceptors (Lipinski definition) is 6. The van der Waals surface area contributed by atoms with Gasteiger partial charge in [0, 0.05) is 22.8 Å². The molecule has 2 aromatic rings. The number of nitrogens with one attached hydrogen (secondary N) is 1. The maximum atomic E-state index is 13.8. The highest BCUT2D eigenvalue weighted by molar-refractivity contribution is 9.10. The fraction of sp³-hybridized carbons (Fsp3) is 0.273. The number of fused-ring (bicyclic) bond motifs is 2. The molecule has 7 nitrogen and oxygen atoms in total. The van der Waals surface area contributed by atoms with Crippen LogP contribution in [-0.2, 0) is 29.4 Å². The number of carbonyl (C=O) groups excluding carboxylic acids is 3. The molecule has 2 atom stereocenters. The Morgan fingerprint density at radius 2 is 1.74 bits per heavy atom. The summed E-state index contributed by atoms with van der Waals surface area (Å²) >= 11 is 9.03. The van der Waals surface area contributed by atoms with E-state index in [1.165, 1.54) is 19.1 Å². The van der Waals surface area contributed by atoms with Gasteiger partial charge in [-0.15, -0.1) is 0 Å². The Morgan fingerprint density at radius 1 is 1.10 bits per heavy atom. The van der Waals surface area contributed by atoms with Gasteiger partial charge in [0.05, 0.1) is 20.1 Å². The number of anilines is 1. The summed E-state index contributed by atoms with van der Waals surface area (Å²) in [5, 5.41) is 3.08. The predicted molar refractivity (Wildman–Crippen MR) is 121 cm³/mol. The maximum absolute atomic E-state index is 13.8. The molecule has 1 spiro atoms. The Balaban J connectivity index is 2.13. The van der Waals surface area contributed by atoms with Crippen LogP contribution in [0.1, 0.15) is 17.0 Å². The molecular formula is C22H19BrN2O5S. The third-order valence-electron chi connectivity index (χ3n) is 6.06. The summed E-state index contributed by atoms with van der Waals surface area (Å²) in [5.41, 5.74) is -1.71. The third kappa shape index (κ3) is 2.62. The smallest absolute Gasteiger partial charge is 0.331 e. The van der Waals surface area contributed by atoms with Crippen LogP contribution in [0.2, 0.25) is 0 Å². The number of esters is 2. The Hall–Kier alpha value is -2.78. The van der Waals surface area contributed by atoms with Crippen LogP contribution < -0.4 is 10.2 Å². The average Bonchev–Trinajstić information content (AvgIpc) is 3.17. The van der Waals surface area contributed by atoms with Crippen molar-refractivity contribution in [3.05, 3.63) is 64.1 Å². The lowest BCUT2D eigenvalue weighted by atomic mass is 9.64. The van der Waals surface area contributed by atoms with Crippen LogP contribution in [0.15, 0.2) is 53.0 Å². The first-order valence-electron chi connectivity index (χ1n) is 9.39. The molecule has 160 valence electrons. The fourth-order valence-corrected chi connectivity index (χ4v) is 5.67. The molecule has 2 aliphatic heterocycles. The van der Waals surface area contributed by atoms with E-state index in [1.54, 1.807) is 43.4 Å². The minimum absolute atomic E-state index is 0.116. The lowest BCUT2D eigenvalue weighted by Crippen LogP contribution is -2.52. The molecule has 2 aliphatic rings. The second-order valence-corrected chi connectivity index (χ2v) is 8.75. The molecule has 1 N–H and O–H groups in total. The van der Waals surface area contributed by atoms with Crippen molar-refractivity contribution in [3.8, 4) is 0 Å². The number of thiocarbonyl (C=S) groups is 1. The molecule has 0 bridgehead atoms. The number of halogens is 1. The van der Waals surface area contributed by atoms with E-state index in [4.69, 9.17) is 21.7 Å². The van der Waals surface area contributed by atoms with Crippen molar-refractivity contribution in [1.29, 1.82) is 0 Å².